The van der Waals surface area contributed by atoms with Crippen molar-refractivity contribution < 1.29 is 9.18 Å². The van der Waals surface area contributed by atoms with Crippen molar-refractivity contribution in [2.45, 2.75) is 25.3 Å². The molecular weight excluding hydrogens is 327 g/mol. The van der Waals surface area contributed by atoms with Gasteiger partial charge >= 0.3 is 0 Å². The van der Waals surface area contributed by atoms with Crippen molar-refractivity contribution in [3.63, 3.8) is 0 Å². The number of benzene rings is 2. The minimum atomic E-state index is -0.192. The minimum absolute atomic E-state index is 0.103. The van der Waals surface area contributed by atoms with Gasteiger partial charge in [0.1, 0.15) is 5.82 Å². The number of anilines is 1. The second-order valence-electron chi connectivity index (χ2n) is 7.43. The molecule has 0 spiro atoms. The number of likely N-dealkylation sites (tertiary alicyclic amines) is 1. The highest BCUT2D eigenvalue weighted by molar-refractivity contribution is 5.98. The first-order chi connectivity index (χ1) is 12.7. The van der Waals surface area contributed by atoms with E-state index in [9.17, 15) is 9.18 Å². The largest absolute Gasteiger partial charge is 0.370 e. The molecule has 2 aliphatic rings. The quantitative estimate of drug-likeness (QED) is 0.777. The summed E-state index contributed by atoms with van der Waals surface area (Å²) in [5, 5.41) is 0. The summed E-state index contributed by atoms with van der Waals surface area (Å²) in [5.74, 6) is 0.192. The maximum absolute atomic E-state index is 13.1. The molecule has 26 heavy (non-hydrogen) atoms. The Kier molecular flexibility index (Phi) is 5.02. The standard InChI is InChI=1S/C22H25FN2O/c23-19-8-10-20(11-9-19)25-14-12-21(16-25)24-13-4-7-18(15-24)22(26)17-5-2-1-3-6-17/h1-3,5-6,8-11,18,21H,4,7,12-16H2. The number of halogens is 1. The number of Topliss-reactive ketones (excluding diaryl/α,β-unsaturated/α-hetero) is 1. The van der Waals surface area contributed by atoms with Gasteiger partial charge in [-0.3, -0.25) is 9.69 Å². The van der Waals surface area contributed by atoms with Gasteiger partial charge in [0.25, 0.3) is 0 Å². The average molecular weight is 352 g/mol. The average Bonchev–Trinajstić information content (AvgIpc) is 3.19. The Morgan fingerprint density at radius 3 is 2.46 bits per heavy atom. The lowest BCUT2D eigenvalue weighted by atomic mass is 9.89. The van der Waals surface area contributed by atoms with E-state index in [1.165, 1.54) is 12.1 Å². The molecule has 0 aromatic heterocycles. The van der Waals surface area contributed by atoms with Gasteiger partial charge in [-0.2, -0.15) is 0 Å². The van der Waals surface area contributed by atoms with Gasteiger partial charge in [0.15, 0.2) is 5.78 Å². The van der Waals surface area contributed by atoms with Crippen molar-refractivity contribution in [2.24, 2.45) is 5.92 Å². The van der Waals surface area contributed by atoms with Crippen LogP contribution in [-0.2, 0) is 0 Å². The summed E-state index contributed by atoms with van der Waals surface area (Å²) in [4.78, 5) is 17.6. The van der Waals surface area contributed by atoms with Crippen LogP contribution >= 0.6 is 0 Å². The summed E-state index contributed by atoms with van der Waals surface area (Å²) in [6.07, 6.45) is 3.17. The summed E-state index contributed by atoms with van der Waals surface area (Å²) >= 11 is 0. The van der Waals surface area contributed by atoms with E-state index in [-0.39, 0.29) is 17.5 Å². The molecule has 2 fully saturated rings. The molecule has 0 saturated carbocycles. The van der Waals surface area contributed by atoms with Crippen LogP contribution in [-0.4, -0.2) is 42.9 Å². The van der Waals surface area contributed by atoms with Crippen LogP contribution in [0.3, 0.4) is 0 Å². The van der Waals surface area contributed by atoms with Gasteiger partial charge in [-0.15, -0.1) is 0 Å². The molecule has 2 heterocycles. The summed E-state index contributed by atoms with van der Waals surface area (Å²) in [7, 11) is 0. The molecule has 2 aromatic carbocycles. The minimum Gasteiger partial charge on any atom is -0.370 e. The predicted octanol–water partition coefficient (Wildman–Crippen LogP) is 4.00. The molecule has 2 unspecified atom stereocenters. The van der Waals surface area contributed by atoms with Crippen molar-refractivity contribution in [3.05, 3.63) is 66.0 Å². The number of carbonyl (C=O) groups excluding carboxylic acids is 1. The third-order valence-electron chi connectivity index (χ3n) is 5.75. The first-order valence-corrected chi connectivity index (χ1v) is 9.54. The van der Waals surface area contributed by atoms with E-state index in [0.29, 0.717) is 6.04 Å². The van der Waals surface area contributed by atoms with Gasteiger partial charge in [0.2, 0.25) is 0 Å². The summed E-state index contributed by atoms with van der Waals surface area (Å²) in [5.41, 5.74) is 1.92. The number of hydrogen-bond acceptors (Lipinski definition) is 3. The molecule has 2 atom stereocenters. The Hall–Kier alpha value is -2.20. The Morgan fingerprint density at radius 2 is 1.69 bits per heavy atom. The Morgan fingerprint density at radius 1 is 0.923 bits per heavy atom. The molecule has 0 aliphatic carbocycles. The van der Waals surface area contributed by atoms with E-state index in [1.54, 1.807) is 0 Å². The molecule has 3 nitrogen and oxygen atoms in total. The molecule has 2 aliphatic heterocycles. The molecule has 0 radical (unpaired) electrons. The molecular formula is C22H25FN2O. The van der Waals surface area contributed by atoms with E-state index >= 15 is 0 Å². The lowest BCUT2D eigenvalue weighted by Crippen LogP contribution is -2.45. The number of ketones is 1. The third-order valence-corrected chi connectivity index (χ3v) is 5.75. The lowest BCUT2D eigenvalue weighted by Gasteiger charge is -2.36. The van der Waals surface area contributed by atoms with E-state index < -0.39 is 0 Å². The molecule has 2 aromatic rings. The number of piperidine rings is 1. The SMILES string of the molecule is O=C(c1ccccc1)C1CCCN(C2CCN(c3ccc(F)cc3)C2)C1. The fourth-order valence-corrected chi connectivity index (χ4v) is 4.32. The summed E-state index contributed by atoms with van der Waals surface area (Å²) in [6.45, 7) is 3.87. The molecule has 0 N–H and O–H groups in total. The van der Waals surface area contributed by atoms with Crippen molar-refractivity contribution in [1.82, 2.24) is 4.90 Å². The predicted molar refractivity (Wildman–Crippen MR) is 102 cm³/mol. The van der Waals surface area contributed by atoms with Crippen molar-refractivity contribution in [1.29, 1.82) is 0 Å². The Bertz CT molecular complexity index is 746. The number of carbonyl (C=O) groups is 1. The zero-order valence-corrected chi connectivity index (χ0v) is 15.0. The van der Waals surface area contributed by atoms with E-state index in [1.807, 2.05) is 42.5 Å². The van der Waals surface area contributed by atoms with Crippen LogP contribution in [0.1, 0.15) is 29.6 Å². The highest BCUT2D eigenvalue weighted by Crippen LogP contribution is 2.28. The number of nitrogens with zero attached hydrogens (tertiary/aromatic N) is 2. The molecule has 0 bridgehead atoms. The fraction of sp³-hybridized carbons (Fsp3) is 0.409. The summed E-state index contributed by atoms with van der Waals surface area (Å²) < 4.78 is 13.1. The Balaban J connectivity index is 1.39. The number of hydrogen-bond donors (Lipinski definition) is 0. The second kappa shape index (κ2) is 7.58. The smallest absolute Gasteiger partial charge is 0.167 e. The maximum atomic E-state index is 13.1. The second-order valence-corrected chi connectivity index (χ2v) is 7.43. The molecule has 2 saturated heterocycles. The molecule has 136 valence electrons. The van der Waals surface area contributed by atoms with Gasteiger partial charge in [-0.25, -0.2) is 4.39 Å². The van der Waals surface area contributed by atoms with Crippen LogP contribution in [0.4, 0.5) is 10.1 Å². The van der Waals surface area contributed by atoms with Crippen LogP contribution in [0.15, 0.2) is 54.6 Å². The van der Waals surface area contributed by atoms with Crippen LogP contribution < -0.4 is 4.90 Å². The van der Waals surface area contributed by atoms with E-state index in [0.717, 1.165) is 56.7 Å². The van der Waals surface area contributed by atoms with Gasteiger partial charge in [0, 0.05) is 42.8 Å². The van der Waals surface area contributed by atoms with Gasteiger partial charge in [0.05, 0.1) is 0 Å². The lowest BCUT2D eigenvalue weighted by molar-refractivity contribution is 0.0770. The number of rotatable bonds is 4. The van der Waals surface area contributed by atoms with E-state index in [4.69, 9.17) is 0 Å². The summed E-state index contributed by atoms with van der Waals surface area (Å²) in [6, 6.07) is 16.9. The Labute approximate surface area is 154 Å². The normalized spacial score (nSPS) is 24.0. The highest BCUT2D eigenvalue weighted by Gasteiger charge is 2.33. The molecule has 0 amide bonds. The van der Waals surface area contributed by atoms with Crippen LogP contribution in [0.25, 0.3) is 0 Å². The van der Waals surface area contributed by atoms with Gasteiger partial charge < -0.3 is 4.90 Å². The van der Waals surface area contributed by atoms with Crippen LogP contribution in [0, 0.1) is 11.7 Å². The van der Waals surface area contributed by atoms with Gasteiger partial charge in [-0.05, 0) is 50.1 Å². The monoisotopic (exact) mass is 352 g/mol. The first-order valence-electron chi connectivity index (χ1n) is 9.54. The topological polar surface area (TPSA) is 23.6 Å². The van der Waals surface area contributed by atoms with Crippen LogP contribution in [0.5, 0.6) is 0 Å². The van der Waals surface area contributed by atoms with Gasteiger partial charge in [-0.1, -0.05) is 30.3 Å². The fourth-order valence-electron chi connectivity index (χ4n) is 4.32. The third kappa shape index (κ3) is 3.65. The van der Waals surface area contributed by atoms with Crippen molar-refractivity contribution in [2.75, 3.05) is 31.1 Å². The maximum Gasteiger partial charge on any atom is 0.167 e. The zero-order chi connectivity index (χ0) is 17.9. The zero-order valence-electron chi connectivity index (χ0n) is 15.0. The first kappa shape index (κ1) is 17.2. The highest BCUT2D eigenvalue weighted by atomic mass is 19.1. The van der Waals surface area contributed by atoms with E-state index in [2.05, 4.69) is 9.80 Å². The molecule has 4 rings (SSSR count). The van der Waals surface area contributed by atoms with Crippen molar-refractivity contribution >= 4 is 11.5 Å². The van der Waals surface area contributed by atoms with Crippen molar-refractivity contribution in [3.8, 4) is 0 Å². The molecule has 4 heteroatoms. The van der Waals surface area contributed by atoms with Crippen LogP contribution in [0.2, 0.25) is 0 Å².